The summed E-state index contributed by atoms with van der Waals surface area (Å²) in [6.07, 6.45) is 2.23. The Hall–Kier alpha value is -1.05. The number of hydrogen-bond donors (Lipinski definition) is 2. The van der Waals surface area contributed by atoms with Gasteiger partial charge in [0.15, 0.2) is 0 Å². The van der Waals surface area contributed by atoms with Gasteiger partial charge in [-0.3, -0.25) is 0 Å². The molecule has 1 atom stereocenters. The van der Waals surface area contributed by atoms with Crippen molar-refractivity contribution in [2.75, 3.05) is 18.8 Å². The summed E-state index contributed by atoms with van der Waals surface area (Å²) < 4.78 is 0. The molecule has 0 aliphatic carbocycles. The van der Waals surface area contributed by atoms with Gasteiger partial charge in [0.25, 0.3) is 0 Å². The van der Waals surface area contributed by atoms with Gasteiger partial charge in [0, 0.05) is 6.42 Å². The van der Waals surface area contributed by atoms with E-state index in [-0.39, 0.29) is 0 Å². The summed E-state index contributed by atoms with van der Waals surface area (Å²) in [7, 11) is 0. The molecular formula is C11H16N3S+. The van der Waals surface area contributed by atoms with Crippen molar-refractivity contribution < 1.29 is 4.90 Å². The molecule has 15 heavy (non-hydrogen) atoms. The molecule has 2 heterocycles. The normalized spacial score (nSPS) is 19.6. The monoisotopic (exact) mass is 222 g/mol. The zero-order valence-corrected chi connectivity index (χ0v) is 9.78. The highest BCUT2D eigenvalue weighted by molar-refractivity contribution is 7.16. The number of nitriles is 1. The van der Waals surface area contributed by atoms with Gasteiger partial charge in [-0.05, 0) is 12.0 Å². The smallest absolute Gasteiger partial charge is 0.113 e. The van der Waals surface area contributed by atoms with Gasteiger partial charge >= 0.3 is 0 Å². The van der Waals surface area contributed by atoms with Crippen LogP contribution in [0.15, 0.2) is 0 Å². The summed E-state index contributed by atoms with van der Waals surface area (Å²) in [5.74, 6) is 0. The number of anilines is 1. The summed E-state index contributed by atoms with van der Waals surface area (Å²) in [4.78, 5) is 2.95. The van der Waals surface area contributed by atoms with Crippen LogP contribution in [0.4, 0.5) is 5.00 Å². The van der Waals surface area contributed by atoms with Gasteiger partial charge < -0.3 is 10.6 Å². The molecule has 80 valence electrons. The average molecular weight is 222 g/mol. The van der Waals surface area contributed by atoms with Crippen LogP contribution in [-0.4, -0.2) is 13.1 Å². The zero-order chi connectivity index (χ0) is 10.8. The third kappa shape index (κ3) is 1.85. The van der Waals surface area contributed by atoms with Crippen LogP contribution in [0.5, 0.6) is 0 Å². The van der Waals surface area contributed by atoms with Crippen molar-refractivity contribution in [1.29, 1.82) is 5.26 Å². The van der Waals surface area contributed by atoms with Crippen LogP contribution in [-0.2, 0) is 13.0 Å². The summed E-state index contributed by atoms with van der Waals surface area (Å²) in [6.45, 7) is 5.64. The fourth-order valence-corrected chi connectivity index (χ4v) is 3.39. The topological polar surface area (TPSA) is 54.2 Å². The maximum Gasteiger partial charge on any atom is 0.113 e. The van der Waals surface area contributed by atoms with E-state index in [2.05, 4.69) is 13.0 Å². The second kappa shape index (κ2) is 4.21. The Morgan fingerprint density at radius 2 is 2.40 bits per heavy atom. The van der Waals surface area contributed by atoms with E-state index in [9.17, 15) is 0 Å². The van der Waals surface area contributed by atoms with Crippen LogP contribution in [0.25, 0.3) is 0 Å². The first-order valence-electron chi connectivity index (χ1n) is 5.40. The van der Waals surface area contributed by atoms with E-state index in [0.29, 0.717) is 5.00 Å². The molecule has 1 aromatic heterocycles. The van der Waals surface area contributed by atoms with E-state index in [0.717, 1.165) is 25.1 Å². The number of quaternary nitrogens is 1. The van der Waals surface area contributed by atoms with E-state index >= 15 is 0 Å². The number of thiophene rings is 1. The van der Waals surface area contributed by atoms with Crippen LogP contribution < -0.4 is 10.6 Å². The van der Waals surface area contributed by atoms with Crippen molar-refractivity contribution >= 4 is 16.3 Å². The maximum atomic E-state index is 9.00. The van der Waals surface area contributed by atoms with E-state index in [1.54, 1.807) is 16.2 Å². The van der Waals surface area contributed by atoms with Crippen molar-refractivity contribution in [1.82, 2.24) is 0 Å². The zero-order valence-electron chi connectivity index (χ0n) is 8.97. The second-order valence-electron chi connectivity index (χ2n) is 4.03. The van der Waals surface area contributed by atoms with Gasteiger partial charge in [-0.25, -0.2) is 0 Å². The molecule has 3 N–H and O–H groups in total. The molecule has 0 amide bonds. The highest BCUT2D eigenvalue weighted by Gasteiger charge is 2.25. The van der Waals surface area contributed by atoms with Gasteiger partial charge in [0.2, 0.25) is 0 Å². The van der Waals surface area contributed by atoms with Crippen molar-refractivity contribution in [3.63, 3.8) is 0 Å². The lowest BCUT2D eigenvalue weighted by atomic mass is 10.0. The molecule has 0 saturated carbocycles. The van der Waals surface area contributed by atoms with Gasteiger partial charge in [-0.15, -0.1) is 11.3 Å². The molecule has 1 unspecified atom stereocenters. The molecule has 4 heteroatoms. The summed E-state index contributed by atoms with van der Waals surface area (Å²) in [5, 5.41) is 9.71. The molecule has 0 radical (unpaired) electrons. The minimum absolute atomic E-state index is 0.709. The molecule has 0 fully saturated rings. The highest BCUT2D eigenvalue weighted by atomic mass is 32.1. The summed E-state index contributed by atoms with van der Waals surface area (Å²) >= 11 is 1.61. The first-order chi connectivity index (χ1) is 7.26. The van der Waals surface area contributed by atoms with E-state index < -0.39 is 0 Å². The number of nitrogens with two attached hydrogens (primary N) is 1. The summed E-state index contributed by atoms with van der Waals surface area (Å²) in [5.41, 5.74) is 7.80. The third-order valence-electron chi connectivity index (χ3n) is 2.97. The standard InChI is InChI=1S/C11H15N3S/c1-2-4-14-5-3-8-9(6-12)11(13)15-10(8)7-14/h2-5,7,13H2,1H3/p+1. The third-order valence-corrected chi connectivity index (χ3v) is 4.03. The number of rotatable bonds is 2. The Morgan fingerprint density at radius 3 is 3.07 bits per heavy atom. The van der Waals surface area contributed by atoms with Gasteiger partial charge in [-0.2, -0.15) is 5.26 Å². The van der Waals surface area contributed by atoms with E-state index in [4.69, 9.17) is 11.0 Å². The Morgan fingerprint density at radius 1 is 1.60 bits per heavy atom. The Bertz CT molecular complexity index is 403. The molecule has 1 aliphatic rings. The van der Waals surface area contributed by atoms with Crippen LogP contribution in [0.1, 0.15) is 29.3 Å². The predicted octanol–water partition coefficient (Wildman–Crippen LogP) is 0.553. The molecule has 2 rings (SSSR count). The Labute approximate surface area is 94.1 Å². The van der Waals surface area contributed by atoms with Crippen molar-refractivity contribution in [3.05, 3.63) is 16.0 Å². The van der Waals surface area contributed by atoms with Crippen LogP contribution >= 0.6 is 11.3 Å². The number of nitrogen functional groups attached to an aromatic ring is 1. The number of hydrogen-bond acceptors (Lipinski definition) is 3. The maximum absolute atomic E-state index is 9.00. The minimum Gasteiger partial charge on any atom is -0.389 e. The van der Waals surface area contributed by atoms with E-state index in [1.165, 1.54) is 23.4 Å². The lowest BCUT2D eigenvalue weighted by Crippen LogP contribution is -3.11. The van der Waals surface area contributed by atoms with Crippen molar-refractivity contribution in [2.24, 2.45) is 0 Å². The largest absolute Gasteiger partial charge is 0.389 e. The molecule has 0 spiro atoms. The van der Waals surface area contributed by atoms with Crippen LogP contribution in [0.2, 0.25) is 0 Å². The molecule has 1 aromatic rings. The number of nitrogens with one attached hydrogen (secondary N) is 1. The first kappa shape index (κ1) is 10.5. The summed E-state index contributed by atoms with van der Waals surface area (Å²) in [6, 6.07) is 2.23. The molecule has 0 aromatic carbocycles. The lowest BCUT2D eigenvalue weighted by Gasteiger charge is -2.23. The average Bonchev–Trinajstić information content (AvgIpc) is 2.53. The van der Waals surface area contributed by atoms with Crippen LogP contribution in [0.3, 0.4) is 0 Å². The number of fused-ring (bicyclic) bond motifs is 1. The predicted molar refractivity (Wildman–Crippen MR) is 61.8 cm³/mol. The quantitative estimate of drug-likeness (QED) is 0.768. The first-order valence-corrected chi connectivity index (χ1v) is 6.21. The van der Waals surface area contributed by atoms with E-state index in [1.807, 2.05) is 0 Å². The van der Waals surface area contributed by atoms with Gasteiger partial charge in [0.05, 0.1) is 23.5 Å². The molecule has 3 nitrogen and oxygen atoms in total. The Balaban J connectivity index is 2.25. The highest BCUT2D eigenvalue weighted by Crippen LogP contribution is 2.31. The van der Waals surface area contributed by atoms with Crippen molar-refractivity contribution in [2.45, 2.75) is 26.3 Å². The fourth-order valence-electron chi connectivity index (χ4n) is 2.25. The van der Waals surface area contributed by atoms with Crippen molar-refractivity contribution in [3.8, 4) is 6.07 Å². The van der Waals surface area contributed by atoms with Gasteiger partial charge in [-0.1, -0.05) is 6.92 Å². The molecular weight excluding hydrogens is 206 g/mol. The number of nitrogens with zero attached hydrogens (tertiary/aromatic N) is 1. The second-order valence-corrected chi connectivity index (χ2v) is 5.17. The fraction of sp³-hybridized carbons (Fsp3) is 0.545. The Kier molecular flexibility index (Phi) is 2.94. The minimum atomic E-state index is 0.709. The lowest BCUT2D eigenvalue weighted by molar-refractivity contribution is -0.915. The molecule has 0 bridgehead atoms. The molecule has 1 aliphatic heterocycles. The molecule has 0 saturated heterocycles. The SMILES string of the molecule is CCC[NH+]1CCc2c(sc(N)c2C#N)C1. The van der Waals surface area contributed by atoms with Gasteiger partial charge in [0.1, 0.15) is 17.6 Å². The van der Waals surface area contributed by atoms with Crippen LogP contribution in [0, 0.1) is 11.3 Å².